The lowest BCUT2D eigenvalue weighted by molar-refractivity contribution is -0.114. The van der Waals surface area contributed by atoms with Gasteiger partial charge in [-0.25, -0.2) is 9.97 Å². The van der Waals surface area contributed by atoms with Crippen LogP contribution < -0.4 is 10.6 Å². The smallest absolute Gasteiger partial charge is 0.221 e. The predicted molar refractivity (Wildman–Crippen MR) is 70.8 cm³/mol. The Labute approximate surface area is 105 Å². The number of hydrogen-bond donors (Lipinski definition) is 2. The Morgan fingerprint density at radius 2 is 1.78 bits per heavy atom. The Morgan fingerprint density at radius 3 is 2.39 bits per heavy atom. The summed E-state index contributed by atoms with van der Waals surface area (Å²) in [6.07, 6.45) is 1.52. The topological polar surface area (TPSA) is 66.9 Å². The van der Waals surface area contributed by atoms with Crippen LogP contribution in [0.25, 0.3) is 0 Å². The van der Waals surface area contributed by atoms with Crippen molar-refractivity contribution in [3.05, 3.63) is 42.4 Å². The Hall–Kier alpha value is -2.43. The number of aromatic nitrogens is 2. The van der Waals surface area contributed by atoms with E-state index >= 15 is 0 Å². The van der Waals surface area contributed by atoms with Crippen molar-refractivity contribution < 1.29 is 4.79 Å². The molecule has 1 aromatic carbocycles. The third kappa shape index (κ3) is 3.28. The third-order valence-corrected chi connectivity index (χ3v) is 2.28. The molecule has 1 aromatic heterocycles. The van der Waals surface area contributed by atoms with E-state index in [0.29, 0.717) is 0 Å². The minimum absolute atomic E-state index is 0.0814. The van der Waals surface area contributed by atoms with Crippen LogP contribution >= 0.6 is 0 Å². The number of hydrogen-bond acceptors (Lipinski definition) is 4. The van der Waals surface area contributed by atoms with Crippen LogP contribution in [0, 0.1) is 6.92 Å². The molecule has 0 aliphatic rings. The van der Waals surface area contributed by atoms with E-state index in [4.69, 9.17) is 0 Å². The van der Waals surface area contributed by atoms with Gasteiger partial charge in [-0.1, -0.05) is 0 Å². The summed E-state index contributed by atoms with van der Waals surface area (Å²) in [7, 11) is 0. The number of rotatable bonds is 3. The first-order chi connectivity index (χ1) is 8.63. The summed E-state index contributed by atoms with van der Waals surface area (Å²) >= 11 is 0. The van der Waals surface area contributed by atoms with Gasteiger partial charge in [0.1, 0.15) is 12.1 Å². The second-order valence-electron chi connectivity index (χ2n) is 3.93. The van der Waals surface area contributed by atoms with Crippen LogP contribution in [0.1, 0.15) is 12.6 Å². The number of amides is 1. The summed E-state index contributed by atoms with van der Waals surface area (Å²) in [6.45, 7) is 3.39. The number of aryl methyl sites for hydroxylation is 1. The second-order valence-corrected chi connectivity index (χ2v) is 3.93. The molecule has 2 aromatic rings. The molecule has 18 heavy (non-hydrogen) atoms. The monoisotopic (exact) mass is 242 g/mol. The highest BCUT2D eigenvalue weighted by molar-refractivity contribution is 5.88. The summed E-state index contributed by atoms with van der Waals surface area (Å²) in [5, 5.41) is 5.87. The number of nitrogens with one attached hydrogen (secondary N) is 2. The molecule has 0 atom stereocenters. The normalized spacial score (nSPS) is 9.89. The zero-order valence-corrected chi connectivity index (χ0v) is 10.3. The van der Waals surface area contributed by atoms with Gasteiger partial charge >= 0.3 is 0 Å². The van der Waals surface area contributed by atoms with Crippen molar-refractivity contribution >= 4 is 23.1 Å². The molecule has 1 heterocycles. The van der Waals surface area contributed by atoms with Crippen molar-refractivity contribution in [2.24, 2.45) is 0 Å². The van der Waals surface area contributed by atoms with Crippen LogP contribution in [0.4, 0.5) is 17.2 Å². The van der Waals surface area contributed by atoms with Gasteiger partial charge in [0.05, 0.1) is 0 Å². The fraction of sp³-hybridized carbons (Fsp3) is 0.154. The fourth-order valence-electron chi connectivity index (χ4n) is 1.51. The van der Waals surface area contributed by atoms with E-state index < -0.39 is 0 Å². The van der Waals surface area contributed by atoms with E-state index in [9.17, 15) is 4.79 Å². The first-order valence-corrected chi connectivity index (χ1v) is 5.57. The average molecular weight is 242 g/mol. The zero-order valence-electron chi connectivity index (χ0n) is 10.3. The molecule has 0 saturated heterocycles. The molecule has 0 aliphatic carbocycles. The van der Waals surface area contributed by atoms with Crippen molar-refractivity contribution in [3.63, 3.8) is 0 Å². The first-order valence-electron chi connectivity index (χ1n) is 5.57. The Kier molecular flexibility index (Phi) is 3.52. The van der Waals surface area contributed by atoms with Gasteiger partial charge in [0.15, 0.2) is 0 Å². The maximum atomic E-state index is 10.9. The SMILES string of the molecule is CC(=O)Nc1ccc(Nc2cc(C)ncn2)cc1. The maximum absolute atomic E-state index is 10.9. The molecular weight excluding hydrogens is 228 g/mol. The summed E-state index contributed by atoms with van der Waals surface area (Å²) < 4.78 is 0. The lowest BCUT2D eigenvalue weighted by Gasteiger charge is -2.07. The summed E-state index contributed by atoms with van der Waals surface area (Å²) in [6, 6.07) is 9.28. The van der Waals surface area contributed by atoms with E-state index in [1.807, 2.05) is 37.3 Å². The molecule has 0 fully saturated rings. The number of carbonyl (C=O) groups is 1. The average Bonchev–Trinajstić information content (AvgIpc) is 2.31. The van der Waals surface area contributed by atoms with Crippen molar-refractivity contribution in [1.82, 2.24) is 9.97 Å². The van der Waals surface area contributed by atoms with Crippen molar-refractivity contribution in [1.29, 1.82) is 0 Å². The largest absolute Gasteiger partial charge is 0.340 e. The highest BCUT2D eigenvalue weighted by Gasteiger charge is 1.98. The van der Waals surface area contributed by atoms with E-state index in [2.05, 4.69) is 20.6 Å². The molecular formula is C13H14N4O. The van der Waals surface area contributed by atoms with Crippen molar-refractivity contribution in [3.8, 4) is 0 Å². The molecule has 0 spiro atoms. The van der Waals surface area contributed by atoms with E-state index in [-0.39, 0.29) is 5.91 Å². The minimum Gasteiger partial charge on any atom is -0.340 e. The third-order valence-electron chi connectivity index (χ3n) is 2.28. The van der Waals surface area contributed by atoms with Gasteiger partial charge < -0.3 is 10.6 Å². The van der Waals surface area contributed by atoms with Crippen LogP contribution in [0.5, 0.6) is 0 Å². The number of carbonyl (C=O) groups excluding carboxylic acids is 1. The maximum Gasteiger partial charge on any atom is 0.221 e. The van der Waals surface area contributed by atoms with Gasteiger partial charge in [-0.15, -0.1) is 0 Å². The van der Waals surface area contributed by atoms with Crippen LogP contribution in [0.15, 0.2) is 36.7 Å². The highest BCUT2D eigenvalue weighted by Crippen LogP contribution is 2.17. The van der Waals surface area contributed by atoms with Crippen LogP contribution in [0.3, 0.4) is 0 Å². The van der Waals surface area contributed by atoms with Gasteiger partial charge in [-0.05, 0) is 31.2 Å². The molecule has 0 aliphatic heterocycles. The Balaban J connectivity index is 2.08. The molecule has 0 saturated carbocycles. The summed E-state index contributed by atoms with van der Waals surface area (Å²) in [4.78, 5) is 19.0. The van der Waals surface area contributed by atoms with Crippen LogP contribution in [-0.2, 0) is 4.79 Å². The molecule has 2 rings (SSSR count). The standard InChI is InChI=1S/C13H14N4O/c1-9-7-13(15-8-14-9)17-12-5-3-11(4-6-12)16-10(2)18/h3-8H,1-2H3,(H,16,18)(H,14,15,17). The Morgan fingerprint density at radius 1 is 1.11 bits per heavy atom. The lowest BCUT2D eigenvalue weighted by Crippen LogP contribution is -2.05. The number of anilines is 3. The van der Waals surface area contributed by atoms with Gasteiger partial charge in [0, 0.05) is 30.1 Å². The first kappa shape index (κ1) is 12.0. The van der Waals surface area contributed by atoms with E-state index in [1.54, 1.807) is 0 Å². The molecule has 5 heteroatoms. The molecule has 2 N–H and O–H groups in total. The second kappa shape index (κ2) is 5.27. The minimum atomic E-state index is -0.0814. The zero-order chi connectivity index (χ0) is 13.0. The van der Waals surface area contributed by atoms with Crippen molar-refractivity contribution in [2.75, 3.05) is 10.6 Å². The van der Waals surface area contributed by atoms with Gasteiger partial charge in [-0.3, -0.25) is 4.79 Å². The van der Waals surface area contributed by atoms with Crippen LogP contribution in [-0.4, -0.2) is 15.9 Å². The van der Waals surface area contributed by atoms with E-state index in [0.717, 1.165) is 22.9 Å². The molecule has 0 radical (unpaired) electrons. The number of benzene rings is 1. The quantitative estimate of drug-likeness (QED) is 0.867. The Bertz CT molecular complexity index is 551. The molecule has 0 unspecified atom stereocenters. The summed E-state index contributed by atoms with van der Waals surface area (Å²) in [5.74, 6) is 0.664. The van der Waals surface area contributed by atoms with Gasteiger partial charge in [-0.2, -0.15) is 0 Å². The number of nitrogens with zero attached hydrogens (tertiary/aromatic N) is 2. The van der Waals surface area contributed by atoms with Crippen LogP contribution in [0.2, 0.25) is 0 Å². The lowest BCUT2D eigenvalue weighted by atomic mass is 10.2. The fourth-order valence-corrected chi connectivity index (χ4v) is 1.51. The predicted octanol–water partition coefficient (Wildman–Crippen LogP) is 2.49. The molecule has 92 valence electrons. The molecule has 1 amide bonds. The summed E-state index contributed by atoms with van der Waals surface area (Å²) in [5.41, 5.74) is 2.58. The van der Waals surface area contributed by atoms with Gasteiger partial charge in [0.25, 0.3) is 0 Å². The van der Waals surface area contributed by atoms with Gasteiger partial charge in [0.2, 0.25) is 5.91 Å². The molecule has 0 bridgehead atoms. The van der Waals surface area contributed by atoms with E-state index in [1.165, 1.54) is 13.3 Å². The van der Waals surface area contributed by atoms with Crippen molar-refractivity contribution in [2.45, 2.75) is 13.8 Å². The highest BCUT2D eigenvalue weighted by atomic mass is 16.1. The molecule has 5 nitrogen and oxygen atoms in total.